The van der Waals surface area contributed by atoms with Gasteiger partial charge in [0.05, 0.1) is 6.54 Å². The van der Waals surface area contributed by atoms with Crippen molar-refractivity contribution in [2.75, 3.05) is 0 Å². The van der Waals surface area contributed by atoms with E-state index in [0.717, 1.165) is 16.0 Å². The van der Waals surface area contributed by atoms with Crippen LogP contribution in [0.5, 0.6) is 0 Å². The van der Waals surface area contributed by atoms with Gasteiger partial charge in [-0.25, -0.2) is 4.79 Å². The van der Waals surface area contributed by atoms with Crippen molar-refractivity contribution in [3.8, 4) is 0 Å². The average Bonchev–Trinajstić information content (AvgIpc) is 2.97. The van der Waals surface area contributed by atoms with Crippen LogP contribution >= 0.6 is 0 Å². The summed E-state index contributed by atoms with van der Waals surface area (Å²) in [7, 11) is 0. The number of nitrogens with zero attached hydrogens (tertiary/aromatic N) is 2. The van der Waals surface area contributed by atoms with Crippen LogP contribution in [0.4, 0.5) is 4.79 Å². The lowest BCUT2D eigenvalue weighted by atomic mass is 9.91. The molecule has 22 heavy (non-hydrogen) atoms. The van der Waals surface area contributed by atoms with Crippen LogP contribution in [-0.4, -0.2) is 22.0 Å². The zero-order valence-electron chi connectivity index (χ0n) is 12.7. The van der Waals surface area contributed by atoms with Crippen LogP contribution in [0.2, 0.25) is 0 Å². The van der Waals surface area contributed by atoms with Gasteiger partial charge in [0, 0.05) is 6.07 Å². The largest absolute Gasteiger partial charge is 0.361 e. The number of nitrogens with one attached hydrogen (secondary N) is 1. The topological polar surface area (TPSA) is 75.4 Å². The number of benzene rings is 1. The van der Waals surface area contributed by atoms with Crippen LogP contribution in [-0.2, 0) is 16.9 Å². The molecule has 3 rings (SSSR count). The molecule has 0 saturated carbocycles. The quantitative estimate of drug-likeness (QED) is 0.882. The summed E-state index contributed by atoms with van der Waals surface area (Å²) in [5.41, 5.74) is 1.35. The van der Waals surface area contributed by atoms with Crippen molar-refractivity contribution in [1.82, 2.24) is 15.4 Å². The van der Waals surface area contributed by atoms with E-state index < -0.39 is 11.6 Å². The third kappa shape index (κ3) is 2.26. The molecule has 0 aliphatic carbocycles. The SMILES string of the molecule is Cc1ccc([C@@]2(C)NC(=O)N(Cc3cc(C)on3)C2=O)cc1. The first-order chi connectivity index (χ1) is 10.4. The summed E-state index contributed by atoms with van der Waals surface area (Å²) in [6, 6.07) is 8.85. The zero-order valence-corrected chi connectivity index (χ0v) is 12.7. The Kier molecular flexibility index (Phi) is 3.24. The molecule has 0 spiro atoms. The summed E-state index contributed by atoms with van der Waals surface area (Å²) in [6.07, 6.45) is 0. The third-order valence-electron chi connectivity index (χ3n) is 3.90. The summed E-state index contributed by atoms with van der Waals surface area (Å²) in [4.78, 5) is 26.1. The minimum Gasteiger partial charge on any atom is -0.361 e. The molecule has 0 unspecified atom stereocenters. The lowest BCUT2D eigenvalue weighted by molar-refractivity contribution is -0.131. The highest BCUT2D eigenvalue weighted by molar-refractivity contribution is 6.07. The van der Waals surface area contributed by atoms with Gasteiger partial charge in [0.15, 0.2) is 0 Å². The smallest absolute Gasteiger partial charge is 0.325 e. The fourth-order valence-electron chi connectivity index (χ4n) is 2.58. The lowest BCUT2D eigenvalue weighted by Gasteiger charge is -2.22. The predicted octanol–water partition coefficient (Wildman–Crippen LogP) is 2.26. The second-order valence-corrected chi connectivity index (χ2v) is 5.74. The molecule has 6 heteroatoms. The van der Waals surface area contributed by atoms with Gasteiger partial charge in [0.2, 0.25) is 0 Å². The average molecular weight is 299 g/mol. The van der Waals surface area contributed by atoms with Crippen LogP contribution in [0.25, 0.3) is 0 Å². The number of hydrogen-bond donors (Lipinski definition) is 1. The van der Waals surface area contributed by atoms with Gasteiger partial charge in [-0.15, -0.1) is 0 Å². The first-order valence-electron chi connectivity index (χ1n) is 7.03. The zero-order chi connectivity index (χ0) is 15.9. The second-order valence-electron chi connectivity index (χ2n) is 5.74. The van der Waals surface area contributed by atoms with Crippen molar-refractivity contribution in [2.45, 2.75) is 32.9 Å². The van der Waals surface area contributed by atoms with Gasteiger partial charge in [-0.05, 0) is 26.3 Å². The van der Waals surface area contributed by atoms with E-state index in [2.05, 4.69) is 10.5 Å². The molecule has 1 saturated heterocycles. The number of imide groups is 1. The van der Waals surface area contributed by atoms with Crippen LogP contribution in [0, 0.1) is 13.8 Å². The van der Waals surface area contributed by atoms with E-state index >= 15 is 0 Å². The van der Waals surface area contributed by atoms with E-state index in [0.29, 0.717) is 11.5 Å². The second kappa shape index (κ2) is 4.98. The molecule has 0 radical (unpaired) electrons. The Morgan fingerprint density at radius 2 is 1.91 bits per heavy atom. The number of urea groups is 1. The number of rotatable bonds is 3. The van der Waals surface area contributed by atoms with Gasteiger partial charge in [-0.2, -0.15) is 0 Å². The van der Waals surface area contributed by atoms with Gasteiger partial charge in [0.1, 0.15) is 17.0 Å². The maximum absolute atomic E-state index is 12.7. The van der Waals surface area contributed by atoms with Gasteiger partial charge in [-0.3, -0.25) is 9.69 Å². The molecule has 1 N–H and O–H groups in total. The van der Waals surface area contributed by atoms with Crippen molar-refractivity contribution < 1.29 is 14.1 Å². The molecular weight excluding hydrogens is 282 g/mol. The monoisotopic (exact) mass is 299 g/mol. The van der Waals surface area contributed by atoms with Crippen LogP contribution in [0.1, 0.15) is 29.5 Å². The molecular formula is C16H17N3O3. The van der Waals surface area contributed by atoms with E-state index in [1.807, 2.05) is 31.2 Å². The molecule has 2 aromatic rings. The minimum atomic E-state index is -1.05. The fraction of sp³-hybridized carbons (Fsp3) is 0.312. The predicted molar refractivity (Wildman–Crippen MR) is 78.9 cm³/mol. The molecule has 114 valence electrons. The Morgan fingerprint density at radius 3 is 2.50 bits per heavy atom. The summed E-state index contributed by atoms with van der Waals surface area (Å²) < 4.78 is 4.98. The Labute approximate surface area is 128 Å². The molecule has 1 aromatic carbocycles. The van der Waals surface area contributed by atoms with Crippen molar-refractivity contribution in [3.63, 3.8) is 0 Å². The molecule has 0 bridgehead atoms. The first-order valence-corrected chi connectivity index (χ1v) is 7.03. The molecule has 1 aliphatic heterocycles. The molecule has 1 atom stereocenters. The van der Waals surface area contributed by atoms with Crippen molar-refractivity contribution in [1.29, 1.82) is 0 Å². The molecule has 3 amide bonds. The Morgan fingerprint density at radius 1 is 1.23 bits per heavy atom. The maximum atomic E-state index is 12.7. The molecule has 1 aromatic heterocycles. The van der Waals surface area contributed by atoms with Crippen molar-refractivity contribution in [2.24, 2.45) is 0 Å². The molecule has 6 nitrogen and oxygen atoms in total. The summed E-state index contributed by atoms with van der Waals surface area (Å²) in [5, 5.41) is 6.60. The number of carbonyl (C=O) groups excluding carboxylic acids is 2. The van der Waals surface area contributed by atoms with Crippen LogP contribution in [0.15, 0.2) is 34.9 Å². The molecule has 1 aliphatic rings. The normalized spacial score (nSPS) is 21.3. The fourth-order valence-corrected chi connectivity index (χ4v) is 2.58. The van der Waals surface area contributed by atoms with Gasteiger partial charge in [-0.1, -0.05) is 35.0 Å². The number of aryl methyl sites for hydroxylation is 2. The van der Waals surface area contributed by atoms with E-state index in [1.54, 1.807) is 19.9 Å². The number of amides is 3. The summed E-state index contributed by atoms with van der Waals surface area (Å²) in [6.45, 7) is 5.55. The van der Waals surface area contributed by atoms with E-state index in [9.17, 15) is 9.59 Å². The number of aromatic nitrogens is 1. The standard InChI is InChI=1S/C16H17N3O3/c1-10-4-6-12(7-5-10)16(3)14(20)19(15(21)17-16)9-13-8-11(2)22-18-13/h4-8H,9H2,1-3H3,(H,17,21)/t16-/m1/s1. The highest BCUT2D eigenvalue weighted by atomic mass is 16.5. The van der Waals surface area contributed by atoms with Gasteiger partial charge < -0.3 is 9.84 Å². The van der Waals surface area contributed by atoms with Crippen LogP contribution < -0.4 is 5.32 Å². The van der Waals surface area contributed by atoms with Crippen molar-refractivity contribution in [3.05, 3.63) is 52.9 Å². The van der Waals surface area contributed by atoms with E-state index in [4.69, 9.17) is 4.52 Å². The van der Waals surface area contributed by atoms with E-state index in [1.165, 1.54) is 0 Å². The van der Waals surface area contributed by atoms with E-state index in [-0.39, 0.29) is 12.5 Å². The Bertz CT molecular complexity index is 735. The van der Waals surface area contributed by atoms with Crippen molar-refractivity contribution >= 4 is 11.9 Å². The number of carbonyl (C=O) groups is 2. The highest BCUT2D eigenvalue weighted by Crippen LogP contribution is 2.29. The molecule has 1 fully saturated rings. The van der Waals surface area contributed by atoms with Gasteiger partial charge in [0.25, 0.3) is 5.91 Å². The number of hydrogen-bond acceptors (Lipinski definition) is 4. The summed E-state index contributed by atoms with van der Waals surface area (Å²) in [5.74, 6) is 0.352. The minimum absolute atomic E-state index is 0.101. The van der Waals surface area contributed by atoms with Crippen LogP contribution in [0.3, 0.4) is 0 Å². The Balaban J connectivity index is 1.88. The first kappa shape index (κ1) is 14.3. The lowest BCUT2D eigenvalue weighted by Crippen LogP contribution is -2.40. The molecule has 2 heterocycles. The summed E-state index contributed by atoms with van der Waals surface area (Å²) >= 11 is 0. The highest BCUT2D eigenvalue weighted by Gasteiger charge is 2.49. The van der Waals surface area contributed by atoms with Gasteiger partial charge >= 0.3 is 6.03 Å². The maximum Gasteiger partial charge on any atom is 0.325 e. The Hall–Kier alpha value is -2.63. The third-order valence-corrected chi connectivity index (χ3v) is 3.90.